The van der Waals surface area contributed by atoms with Gasteiger partial charge in [-0.1, -0.05) is 12.1 Å². The van der Waals surface area contributed by atoms with Crippen LogP contribution in [-0.2, 0) is 0 Å². The van der Waals surface area contributed by atoms with Crippen LogP contribution in [0.5, 0.6) is 11.5 Å². The Labute approximate surface area is 118 Å². The normalized spacial score (nSPS) is 10.1. The zero-order valence-corrected chi connectivity index (χ0v) is 11.5. The van der Waals surface area contributed by atoms with Crippen LogP contribution in [0.3, 0.4) is 0 Å². The lowest BCUT2D eigenvalue weighted by atomic mass is 10.1. The number of amides is 1. The van der Waals surface area contributed by atoms with Crippen molar-refractivity contribution >= 4 is 11.6 Å². The summed E-state index contributed by atoms with van der Waals surface area (Å²) < 4.78 is 5.36. The summed E-state index contributed by atoms with van der Waals surface area (Å²) in [5.74, 6) is 0.408. The molecule has 0 aromatic heterocycles. The predicted octanol–water partition coefficient (Wildman–Crippen LogP) is 3.35. The highest BCUT2D eigenvalue weighted by Gasteiger charge is 2.10. The number of rotatable bonds is 4. The van der Waals surface area contributed by atoms with Crippen molar-refractivity contribution in [2.45, 2.75) is 13.8 Å². The number of carbonyl (C=O) groups excluding carboxylic acids is 1. The summed E-state index contributed by atoms with van der Waals surface area (Å²) in [4.78, 5) is 12.2. The van der Waals surface area contributed by atoms with Crippen molar-refractivity contribution in [1.82, 2.24) is 0 Å². The number of phenols is 1. The van der Waals surface area contributed by atoms with Gasteiger partial charge < -0.3 is 15.2 Å². The minimum absolute atomic E-state index is 0.0462. The monoisotopic (exact) mass is 271 g/mol. The number of benzene rings is 2. The molecule has 0 heterocycles. The Morgan fingerprint density at radius 1 is 1.25 bits per heavy atom. The number of nitrogens with one attached hydrogen (secondary N) is 1. The van der Waals surface area contributed by atoms with Crippen molar-refractivity contribution in [2.24, 2.45) is 0 Å². The number of hydrogen-bond donors (Lipinski definition) is 2. The number of anilines is 1. The highest BCUT2D eigenvalue weighted by molar-refractivity contribution is 6.05. The van der Waals surface area contributed by atoms with Crippen LogP contribution < -0.4 is 10.1 Å². The number of hydrogen-bond acceptors (Lipinski definition) is 3. The van der Waals surface area contributed by atoms with E-state index >= 15 is 0 Å². The van der Waals surface area contributed by atoms with Crippen molar-refractivity contribution < 1.29 is 14.6 Å². The van der Waals surface area contributed by atoms with Crippen LogP contribution in [0.2, 0.25) is 0 Å². The first-order valence-electron chi connectivity index (χ1n) is 6.44. The zero-order chi connectivity index (χ0) is 14.5. The lowest BCUT2D eigenvalue weighted by Gasteiger charge is -2.09. The minimum Gasteiger partial charge on any atom is -0.506 e. The lowest BCUT2D eigenvalue weighted by molar-refractivity contribution is 0.102. The second-order valence-corrected chi connectivity index (χ2v) is 4.44. The molecule has 0 aliphatic heterocycles. The highest BCUT2D eigenvalue weighted by Crippen LogP contribution is 2.24. The van der Waals surface area contributed by atoms with Crippen molar-refractivity contribution in [3.63, 3.8) is 0 Å². The molecule has 0 atom stereocenters. The quantitative estimate of drug-likeness (QED) is 0.838. The Bertz CT molecular complexity index is 623. The van der Waals surface area contributed by atoms with Gasteiger partial charge in [0.25, 0.3) is 5.91 Å². The Hall–Kier alpha value is -2.49. The van der Waals surface area contributed by atoms with E-state index in [-0.39, 0.29) is 11.7 Å². The molecule has 0 aliphatic carbocycles. The summed E-state index contributed by atoms with van der Waals surface area (Å²) in [6.07, 6.45) is 0. The molecule has 2 aromatic carbocycles. The van der Waals surface area contributed by atoms with Gasteiger partial charge >= 0.3 is 0 Å². The second-order valence-electron chi connectivity index (χ2n) is 4.44. The van der Waals surface area contributed by atoms with Crippen molar-refractivity contribution in [2.75, 3.05) is 11.9 Å². The number of carbonyl (C=O) groups is 1. The molecule has 0 bridgehead atoms. The maximum atomic E-state index is 12.2. The summed E-state index contributed by atoms with van der Waals surface area (Å²) in [6.45, 7) is 4.33. The van der Waals surface area contributed by atoms with E-state index in [1.165, 1.54) is 0 Å². The molecule has 20 heavy (non-hydrogen) atoms. The van der Waals surface area contributed by atoms with Gasteiger partial charge in [0.15, 0.2) is 0 Å². The summed E-state index contributed by atoms with van der Waals surface area (Å²) >= 11 is 0. The molecule has 0 unspecified atom stereocenters. The van der Waals surface area contributed by atoms with E-state index in [0.29, 0.717) is 23.6 Å². The Morgan fingerprint density at radius 3 is 2.80 bits per heavy atom. The standard InChI is InChI=1S/C16H17NO3/c1-3-20-13-6-4-5-12(10-13)16(19)17-14-9-11(2)7-8-15(14)18/h4-10,18H,3H2,1-2H3,(H,17,19). The van der Waals surface area contributed by atoms with E-state index in [1.807, 2.05) is 13.8 Å². The second kappa shape index (κ2) is 6.10. The molecule has 0 spiro atoms. The highest BCUT2D eigenvalue weighted by atomic mass is 16.5. The van der Waals surface area contributed by atoms with E-state index in [4.69, 9.17) is 4.74 Å². The van der Waals surface area contributed by atoms with Gasteiger partial charge in [0.1, 0.15) is 11.5 Å². The van der Waals surface area contributed by atoms with Crippen LogP contribution in [0.25, 0.3) is 0 Å². The molecule has 104 valence electrons. The molecule has 2 aromatic rings. The molecule has 1 amide bonds. The molecule has 0 aliphatic rings. The van der Waals surface area contributed by atoms with Gasteiger partial charge in [-0.05, 0) is 49.7 Å². The summed E-state index contributed by atoms with van der Waals surface area (Å²) in [5.41, 5.74) is 1.84. The number of aryl methyl sites for hydroxylation is 1. The van der Waals surface area contributed by atoms with E-state index in [1.54, 1.807) is 42.5 Å². The van der Waals surface area contributed by atoms with Gasteiger partial charge in [0, 0.05) is 5.56 Å². The van der Waals surface area contributed by atoms with Crippen LogP contribution in [0.1, 0.15) is 22.8 Å². The molecular formula is C16H17NO3. The zero-order valence-electron chi connectivity index (χ0n) is 11.5. The topological polar surface area (TPSA) is 58.6 Å². The van der Waals surface area contributed by atoms with Crippen LogP contribution in [0, 0.1) is 6.92 Å². The van der Waals surface area contributed by atoms with Gasteiger partial charge in [-0.15, -0.1) is 0 Å². The summed E-state index contributed by atoms with van der Waals surface area (Å²) in [5, 5.41) is 12.4. The maximum absolute atomic E-state index is 12.2. The van der Waals surface area contributed by atoms with Crippen molar-refractivity contribution in [3.05, 3.63) is 53.6 Å². The minimum atomic E-state index is -0.285. The van der Waals surface area contributed by atoms with E-state index in [9.17, 15) is 9.90 Å². The van der Waals surface area contributed by atoms with Gasteiger partial charge in [-0.2, -0.15) is 0 Å². The molecule has 2 N–H and O–H groups in total. The van der Waals surface area contributed by atoms with E-state index < -0.39 is 0 Å². The molecular weight excluding hydrogens is 254 g/mol. The van der Waals surface area contributed by atoms with Crippen molar-refractivity contribution in [1.29, 1.82) is 0 Å². The molecule has 0 radical (unpaired) electrons. The van der Waals surface area contributed by atoms with E-state index in [0.717, 1.165) is 5.56 Å². The number of aromatic hydroxyl groups is 1. The van der Waals surface area contributed by atoms with Gasteiger partial charge in [-0.3, -0.25) is 4.79 Å². The first kappa shape index (κ1) is 13.9. The average Bonchev–Trinajstić information content (AvgIpc) is 2.43. The van der Waals surface area contributed by atoms with Crippen LogP contribution >= 0.6 is 0 Å². The largest absolute Gasteiger partial charge is 0.506 e. The van der Waals surface area contributed by atoms with Crippen molar-refractivity contribution in [3.8, 4) is 11.5 Å². The molecule has 4 heteroatoms. The average molecular weight is 271 g/mol. The first-order chi connectivity index (χ1) is 9.60. The Balaban J connectivity index is 2.19. The van der Waals surface area contributed by atoms with Crippen LogP contribution in [-0.4, -0.2) is 17.6 Å². The van der Waals surface area contributed by atoms with Gasteiger partial charge in [0.05, 0.1) is 12.3 Å². The summed E-state index contributed by atoms with van der Waals surface area (Å²) in [7, 11) is 0. The van der Waals surface area contributed by atoms with Gasteiger partial charge in [-0.25, -0.2) is 0 Å². The number of ether oxygens (including phenoxy) is 1. The van der Waals surface area contributed by atoms with Gasteiger partial charge in [0.2, 0.25) is 0 Å². The molecule has 4 nitrogen and oxygen atoms in total. The maximum Gasteiger partial charge on any atom is 0.255 e. The first-order valence-corrected chi connectivity index (χ1v) is 6.44. The fourth-order valence-corrected chi connectivity index (χ4v) is 1.84. The fourth-order valence-electron chi connectivity index (χ4n) is 1.84. The fraction of sp³-hybridized carbons (Fsp3) is 0.188. The molecule has 2 rings (SSSR count). The number of phenolic OH excluding ortho intramolecular Hbond substituents is 1. The third kappa shape index (κ3) is 3.29. The SMILES string of the molecule is CCOc1cccc(C(=O)Nc2cc(C)ccc2O)c1. The predicted molar refractivity (Wildman–Crippen MR) is 78.4 cm³/mol. The third-order valence-electron chi connectivity index (χ3n) is 2.81. The molecule has 0 saturated carbocycles. The molecule has 0 saturated heterocycles. The van der Waals surface area contributed by atoms with E-state index in [2.05, 4.69) is 5.32 Å². The summed E-state index contributed by atoms with van der Waals surface area (Å²) in [6, 6.07) is 12.0. The Kier molecular flexibility index (Phi) is 4.25. The molecule has 0 fully saturated rings. The Morgan fingerprint density at radius 2 is 2.05 bits per heavy atom. The smallest absolute Gasteiger partial charge is 0.255 e. The van der Waals surface area contributed by atoms with Crippen LogP contribution in [0.4, 0.5) is 5.69 Å². The lowest BCUT2D eigenvalue weighted by Crippen LogP contribution is -2.12. The van der Waals surface area contributed by atoms with Crippen LogP contribution in [0.15, 0.2) is 42.5 Å². The third-order valence-corrected chi connectivity index (χ3v) is 2.81.